The summed E-state index contributed by atoms with van der Waals surface area (Å²) < 4.78 is 0.989. The summed E-state index contributed by atoms with van der Waals surface area (Å²) in [5, 5.41) is 8.65. The van der Waals surface area contributed by atoms with Gasteiger partial charge in [0.1, 0.15) is 6.04 Å². The van der Waals surface area contributed by atoms with E-state index in [1.54, 1.807) is 0 Å². The van der Waals surface area contributed by atoms with Gasteiger partial charge in [0.05, 0.1) is 0 Å². The predicted octanol–water partition coefficient (Wildman–Crippen LogP) is 1.71. The Kier molecular flexibility index (Phi) is 3.66. The molecule has 0 heterocycles. The van der Waals surface area contributed by atoms with E-state index >= 15 is 0 Å². The molecule has 0 fully saturated rings. The molecule has 3 nitrogen and oxygen atoms in total. The molecule has 0 aliphatic carbocycles. The highest BCUT2D eigenvalue weighted by molar-refractivity contribution is 9.10. The van der Waals surface area contributed by atoms with E-state index in [0.717, 1.165) is 15.6 Å². The Labute approximate surface area is 91.1 Å². The molecule has 4 heteroatoms. The Morgan fingerprint density at radius 1 is 1.64 bits per heavy atom. The molecule has 0 bridgehead atoms. The average Bonchev–Trinajstić information content (AvgIpc) is 2.09. The van der Waals surface area contributed by atoms with Gasteiger partial charge in [-0.3, -0.25) is 4.79 Å². The van der Waals surface area contributed by atoms with Crippen molar-refractivity contribution in [1.82, 2.24) is 0 Å². The van der Waals surface area contributed by atoms with Gasteiger partial charge >= 0.3 is 5.97 Å². The van der Waals surface area contributed by atoms with Crippen molar-refractivity contribution in [3.63, 3.8) is 0 Å². The van der Waals surface area contributed by atoms with E-state index in [1.165, 1.54) is 0 Å². The number of halogens is 1. The van der Waals surface area contributed by atoms with Crippen molar-refractivity contribution in [1.29, 1.82) is 0 Å². The first-order chi connectivity index (χ1) is 6.50. The van der Waals surface area contributed by atoms with Crippen molar-refractivity contribution in [3.8, 4) is 0 Å². The van der Waals surface area contributed by atoms with Gasteiger partial charge in [-0.15, -0.1) is 0 Å². The maximum Gasteiger partial charge on any atom is 0.320 e. The smallest absolute Gasteiger partial charge is 0.320 e. The Morgan fingerprint density at radius 3 is 2.79 bits per heavy atom. The van der Waals surface area contributed by atoms with Gasteiger partial charge in [-0.1, -0.05) is 22.0 Å². The first-order valence-corrected chi connectivity index (χ1v) is 5.03. The predicted molar refractivity (Wildman–Crippen MR) is 58.2 cm³/mol. The average molecular weight is 258 g/mol. The van der Waals surface area contributed by atoms with Gasteiger partial charge in [0, 0.05) is 4.47 Å². The molecular formula is C10H12BrNO2. The molecule has 1 unspecified atom stereocenters. The van der Waals surface area contributed by atoms with Crippen LogP contribution in [0.15, 0.2) is 22.7 Å². The highest BCUT2D eigenvalue weighted by Gasteiger charge is 2.13. The number of rotatable bonds is 3. The van der Waals surface area contributed by atoms with Crippen molar-refractivity contribution in [2.45, 2.75) is 19.4 Å². The minimum Gasteiger partial charge on any atom is -0.480 e. The Bertz CT molecular complexity index is 352. The van der Waals surface area contributed by atoms with Crippen molar-refractivity contribution in [2.75, 3.05) is 0 Å². The van der Waals surface area contributed by atoms with E-state index in [9.17, 15) is 4.79 Å². The van der Waals surface area contributed by atoms with Gasteiger partial charge in [-0.05, 0) is 36.6 Å². The van der Waals surface area contributed by atoms with E-state index < -0.39 is 12.0 Å². The number of carbonyl (C=O) groups is 1. The molecule has 1 rings (SSSR count). The van der Waals surface area contributed by atoms with E-state index in [-0.39, 0.29) is 0 Å². The van der Waals surface area contributed by atoms with Crippen molar-refractivity contribution >= 4 is 21.9 Å². The number of hydrogen-bond donors (Lipinski definition) is 2. The van der Waals surface area contributed by atoms with Crippen LogP contribution in [0.1, 0.15) is 11.1 Å². The molecule has 76 valence electrons. The van der Waals surface area contributed by atoms with Crippen molar-refractivity contribution < 1.29 is 9.90 Å². The molecule has 0 aliphatic rings. The monoisotopic (exact) mass is 257 g/mol. The van der Waals surface area contributed by atoms with Crippen LogP contribution in [-0.2, 0) is 11.2 Å². The largest absolute Gasteiger partial charge is 0.480 e. The highest BCUT2D eigenvalue weighted by Crippen LogP contribution is 2.16. The summed E-state index contributed by atoms with van der Waals surface area (Å²) in [5.74, 6) is -0.965. The Balaban J connectivity index is 2.82. The van der Waals surface area contributed by atoms with Gasteiger partial charge in [0.2, 0.25) is 0 Å². The van der Waals surface area contributed by atoms with Crippen LogP contribution in [-0.4, -0.2) is 17.1 Å². The van der Waals surface area contributed by atoms with Crippen molar-refractivity contribution in [2.24, 2.45) is 5.73 Å². The summed E-state index contributed by atoms with van der Waals surface area (Å²) >= 11 is 3.34. The fraction of sp³-hybridized carbons (Fsp3) is 0.300. The number of nitrogens with two attached hydrogens (primary N) is 1. The van der Waals surface area contributed by atoms with Gasteiger partial charge in [-0.2, -0.15) is 0 Å². The normalized spacial score (nSPS) is 12.5. The van der Waals surface area contributed by atoms with Crippen LogP contribution in [0, 0.1) is 6.92 Å². The molecule has 1 aromatic carbocycles. The van der Waals surface area contributed by atoms with Gasteiger partial charge in [0.15, 0.2) is 0 Å². The Hall–Kier alpha value is -0.870. The van der Waals surface area contributed by atoms with Crippen LogP contribution in [0.5, 0.6) is 0 Å². The third-order valence-corrected chi connectivity index (χ3v) is 2.55. The van der Waals surface area contributed by atoms with Gasteiger partial charge in [0.25, 0.3) is 0 Å². The molecule has 0 saturated heterocycles. The third kappa shape index (κ3) is 2.82. The fourth-order valence-electron chi connectivity index (χ4n) is 1.21. The first kappa shape index (κ1) is 11.2. The molecular weight excluding hydrogens is 246 g/mol. The lowest BCUT2D eigenvalue weighted by Gasteiger charge is -2.09. The zero-order valence-electron chi connectivity index (χ0n) is 7.83. The molecule has 0 spiro atoms. The molecule has 0 radical (unpaired) electrons. The molecule has 1 atom stereocenters. The molecule has 0 saturated carbocycles. The quantitative estimate of drug-likeness (QED) is 0.867. The van der Waals surface area contributed by atoms with E-state index in [2.05, 4.69) is 15.9 Å². The summed E-state index contributed by atoms with van der Waals surface area (Å²) in [6, 6.07) is 4.90. The molecule has 1 aromatic rings. The lowest BCUT2D eigenvalue weighted by molar-refractivity contribution is -0.138. The molecule has 0 aromatic heterocycles. The molecule has 0 amide bonds. The molecule has 14 heavy (non-hydrogen) atoms. The summed E-state index contributed by atoms with van der Waals surface area (Å²) in [7, 11) is 0. The summed E-state index contributed by atoms with van der Waals surface area (Å²) in [6.45, 7) is 1.94. The van der Waals surface area contributed by atoms with Crippen LogP contribution in [0.25, 0.3) is 0 Å². The van der Waals surface area contributed by atoms with Gasteiger partial charge in [-0.25, -0.2) is 0 Å². The van der Waals surface area contributed by atoms with E-state index in [0.29, 0.717) is 6.42 Å². The SMILES string of the molecule is Cc1cc(Br)ccc1CC(N)C(=O)O. The Morgan fingerprint density at radius 2 is 2.29 bits per heavy atom. The number of carboxylic acid groups (broad SMARTS) is 1. The van der Waals surface area contributed by atoms with E-state index in [4.69, 9.17) is 10.8 Å². The first-order valence-electron chi connectivity index (χ1n) is 4.24. The standard InChI is InChI=1S/C10H12BrNO2/c1-6-4-8(11)3-2-7(6)5-9(12)10(13)14/h2-4,9H,5,12H2,1H3,(H,13,14). The van der Waals surface area contributed by atoms with Crippen LogP contribution >= 0.6 is 15.9 Å². The number of benzene rings is 1. The fourth-order valence-corrected chi connectivity index (χ4v) is 1.69. The molecule has 3 N–H and O–H groups in total. The lowest BCUT2D eigenvalue weighted by Crippen LogP contribution is -2.32. The minimum absolute atomic E-state index is 0.369. The highest BCUT2D eigenvalue weighted by atomic mass is 79.9. The number of aliphatic carboxylic acids is 1. The second kappa shape index (κ2) is 4.57. The van der Waals surface area contributed by atoms with Crippen molar-refractivity contribution in [3.05, 3.63) is 33.8 Å². The maximum absolute atomic E-state index is 10.5. The zero-order valence-corrected chi connectivity index (χ0v) is 9.41. The second-order valence-electron chi connectivity index (χ2n) is 3.22. The van der Waals surface area contributed by atoms with E-state index in [1.807, 2.05) is 25.1 Å². The second-order valence-corrected chi connectivity index (χ2v) is 4.14. The van der Waals surface area contributed by atoms with Crippen LogP contribution in [0.3, 0.4) is 0 Å². The van der Waals surface area contributed by atoms with Crippen LogP contribution in [0.4, 0.5) is 0 Å². The molecule has 0 aliphatic heterocycles. The van der Waals surface area contributed by atoms with Gasteiger partial charge < -0.3 is 10.8 Å². The number of hydrogen-bond acceptors (Lipinski definition) is 2. The number of aryl methyl sites for hydroxylation is 1. The topological polar surface area (TPSA) is 63.3 Å². The minimum atomic E-state index is -0.965. The summed E-state index contributed by atoms with van der Waals surface area (Å²) in [5.41, 5.74) is 7.47. The lowest BCUT2D eigenvalue weighted by atomic mass is 10.0. The zero-order chi connectivity index (χ0) is 10.7. The maximum atomic E-state index is 10.5. The third-order valence-electron chi connectivity index (χ3n) is 2.06. The number of carboxylic acids is 1. The summed E-state index contributed by atoms with van der Waals surface area (Å²) in [4.78, 5) is 10.5. The summed E-state index contributed by atoms with van der Waals surface area (Å²) in [6.07, 6.45) is 0.369. The van der Waals surface area contributed by atoms with Crippen LogP contribution < -0.4 is 5.73 Å². The van der Waals surface area contributed by atoms with Crippen LogP contribution in [0.2, 0.25) is 0 Å².